The van der Waals surface area contributed by atoms with Crippen LogP contribution < -0.4 is 10.6 Å². The monoisotopic (exact) mass is 300 g/mol. The van der Waals surface area contributed by atoms with Crippen LogP contribution in [0.1, 0.15) is 40.3 Å². The minimum Gasteiger partial charge on any atom is -0.459 e. The highest BCUT2D eigenvalue weighted by Gasteiger charge is 2.17. The molecule has 22 heavy (non-hydrogen) atoms. The molecule has 2 rings (SSSR count). The number of carbonyl (C=O) groups excluding carboxylic acids is 2. The zero-order chi connectivity index (χ0) is 16.1. The maximum Gasteiger partial charge on any atom is 0.291 e. The third-order valence-electron chi connectivity index (χ3n) is 3.17. The molecule has 0 radical (unpaired) electrons. The molecule has 0 aliphatic carbocycles. The molecule has 116 valence electrons. The number of hydrogen-bond acceptors (Lipinski definition) is 3. The van der Waals surface area contributed by atoms with Gasteiger partial charge in [0, 0.05) is 6.54 Å². The Morgan fingerprint density at radius 3 is 2.55 bits per heavy atom. The van der Waals surface area contributed by atoms with Gasteiger partial charge >= 0.3 is 0 Å². The molecular weight excluding hydrogens is 280 g/mol. The number of carbonyl (C=O) groups is 2. The lowest BCUT2D eigenvalue weighted by Gasteiger charge is -2.14. The number of aryl methyl sites for hydroxylation is 1. The first-order valence-electron chi connectivity index (χ1n) is 7.21. The number of furan rings is 1. The fourth-order valence-electron chi connectivity index (χ4n) is 2.00. The zero-order valence-electron chi connectivity index (χ0n) is 13.0. The number of rotatable bonds is 5. The van der Waals surface area contributed by atoms with E-state index in [4.69, 9.17) is 4.42 Å². The maximum absolute atomic E-state index is 12.3. The van der Waals surface area contributed by atoms with Gasteiger partial charge in [0.15, 0.2) is 5.76 Å². The number of nitrogens with one attached hydrogen (secondary N) is 2. The smallest absolute Gasteiger partial charge is 0.291 e. The first kappa shape index (κ1) is 15.8. The summed E-state index contributed by atoms with van der Waals surface area (Å²) in [6.45, 7) is 6.47. The van der Waals surface area contributed by atoms with E-state index in [1.807, 2.05) is 26.8 Å². The van der Waals surface area contributed by atoms with Gasteiger partial charge in [0.25, 0.3) is 11.8 Å². The van der Waals surface area contributed by atoms with Gasteiger partial charge in [-0.15, -0.1) is 0 Å². The van der Waals surface area contributed by atoms with Crippen LogP contribution >= 0.6 is 0 Å². The highest BCUT2D eigenvalue weighted by Crippen LogP contribution is 2.21. The summed E-state index contributed by atoms with van der Waals surface area (Å²) in [7, 11) is 0. The molecule has 2 amide bonds. The van der Waals surface area contributed by atoms with Crippen LogP contribution in [0.5, 0.6) is 0 Å². The molecule has 0 saturated heterocycles. The fourth-order valence-corrected chi connectivity index (χ4v) is 2.00. The van der Waals surface area contributed by atoms with Crippen molar-refractivity contribution in [3.63, 3.8) is 0 Å². The van der Waals surface area contributed by atoms with Crippen molar-refractivity contribution in [3.8, 4) is 0 Å². The molecule has 0 unspecified atom stereocenters. The standard InChI is InChI=1S/C17H20N2O3/c1-11(2)10-18-16(20)13-7-4-6-12(3)15(13)19-17(21)14-8-5-9-22-14/h4-9,11H,10H2,1-3H3,(H,18,20)(H,19,21). The average molecular weight is 300 g/mol. The number of hydrogen-bond donors (Lipinski definition) is 2. The molecular formula is C17H20N2O3. The number of para-hydroxylation sites is 1. The van der Waals surface area contributed by atoms with Gasteiger partial charge in [-0.2, -0.15) is 0 Å². The molecule has 5 nitrogen and oxygen atoms in total. The van der Waals surface area contributed by atoms with Crippen molar-refractivity contribution in [1.29, 1.82) is 0 Å². The molecule has 1 aromatic carbocycles. The average Bonchev–Trinajstić information content (AvgIpc) is 3.01. The van der Waals surface area contributed by atoms with E-state index in [1.165, 1.54) is 6.26 Å². The molecule has 1 aromatic heterocycles. The summed E-state index contributed by atoms with van der Waals surface area (Å²) in [5.41, 5.74) is 1.77. The number of benzene rings is 1. The van der Waals surface area contributed by atoms with Gasteiger partial charge < -0.3 is 15.1 Å². The van der Waals surface area contributed by atoms with Crippen molar-refractivity contribution in [3.05, 3.63) is 53.5 Å². The van der Waals surface area contributed by atoms with E-state index in [-0.39, 0.29) is 17.6 Å². The Morgan fingerprint density at radius 1 is 1.14 bits per heavy atom. The highest BCUT2D eigenvalue weighted by atomic mass is 16.3. The lowest BCUT2D eigenvalue weighted by atomic mass is 10.1. The number of amides is 2. The van der Waals surface area contributed by atoms with Crippen LogP contribution in [0.4, 0.5) is 5.69 Å². The maximum atomic E-state index is 12.3. The van der Waals surface area contributed by atoms with Gasteiger partial charge in [0.1, 0.15) is 0 Å². The van der Waals surface area contributed by atoms with Gasteiger partial charge in [0.2, 0.25) is 0 Å². The van der Waals surface area contributed by atoms with E-state index < -0.39 is 0 Å². The summed E-state index contributed by atoms with van der Waals surface area (Å²) in [6.07, 6.45) is 1.43. The Balaban J connectivity index is 2.23. The van der Waals surface area contributed by atoms with E-state index in [1.54, 1.807) is 24.3 Å². The van der Waals surface area contributed by atoms with Crippen molar-refractivity contribution < 1.29 is 14.0 Å². The SMILES string of the molecule is Cc1cccc(C(=O)NCC(C)C)c1NC(=O)c1ccco1. The van der Waals surface area contributed by atoms with Crippen molar-refractivity contribution >= 4 is 17.5 Å². The van der Waals surface area contributed by atoms with Gasteiger partial charge in [-0.05, 0) is 36.6 Å². The molecule has 0 bridgehead atoms. The van der Waals surface area contributed by atoms with Crippen LogP contribution in [0.25, 0.3) is 0 Å². The highest BCUT2D eigenvalue weighted by molar-refractivity contribution is 6.08. The van der Waals surface area contributed by atoms with E-state index in [0.717, 1.165) is 5.56 Å². The molecule has 2 N–H and O–H groups in total. The van der Waals surface area contributed by atoms with Gasteiger partial charge in [-0.1, -0.05) is 26.0 Å². The molecule has 0 saturated carbocycles. The second kappa shape index (κ2) is 6.93. The zero-order valence-corrected chi connectivity index (χ0v) is 13.0. The normalized spacial score (nSPS) is 10.5. The second-order valence-corrected chi connectivity index (χ2v) is 5.53. The molecule has 0 atom stereocenters. The summed E-state index contributed by atoms with van der Waals surface area (Å²) in [5.74, 6) is -0.0175. The molecule has 0 spiro atoms. The third kappa shape index (κ3) is 3.75. The van der Waals surface area contributed by atoms with E-state index in [0.29, 0.717) is 23.7 Å². The van der Waals surface area contributed by atoms with Crippen LogP contribution in [0.2, 0.25) is 0 Å². The first-order valence-corrected chi connectivity index (χ1v) is 7.21. The Hall–Kier alpha value is -2.56. The predicted octanol–water partition coefficient (Wildman–Crippen LogP) is 3.23. The van der Waals surface area contributed by atoms with Crippen molar-refractivity contribution in [1.82, 2.24) is 5.32 Å². The summed E-state index contributed by atoms with van der Waals surface area (Å²) in [5, 5.41) is 5.62. The summed E-state index contributed by atoms with van der Waals surface area (Å²) < 4.78 is 5.07. The predicted molar refractivity (Wildman–Crippen MR) is 85.0 cm³/mol. The van der Waals surface area contributed by atoms with Crippen LogP contribution in [0, 0.1) is 12.8 Å². The Kier molecular flexibility index (Phi) is 4.99. The second-order valence-electron chi connectivity index (χ2n) is 5.53. The third-order valence-corrected chi connectivity index (χ3v) is 3.17. The largest absolute Gasteiger partial charge is 0.459 e. The van der Waals surface area contributed by atoms with Crippen LogP contribution in [-0.4, -0.2) is 18.4 Å². The summed E-state index contributed by atoms with van der Waals surface area (Å²) >= 11 is 0. The Bertz CT molecular complexity index is 661. The van der Waals surface area contributed by atoms with E-state index in [2.05, 4.69) is 10.6 Å². The molecule has 0 fully saturated rings. The van der Waals surface area contributed by atoms with Gasteiger partial charge in [-0.25, -0.2) is 0 Å². The number of anilines is 1. The van der Waals surface area contributed by atoms with Crippen molar-refractivity contribution in [2.45, 2.75) is 20.8 Å². The topological polar surface area (TPSA) is 71.3 Å². The molecule has 0 aliphatic heterocycles. The lowest BCUT2D eigenvalue weighted by Crippen LogP contribution is -2.28. The molecule has 5 heteroatoms. The summed E-state index contributed by atoms with van der Waals surface area (Å²) in [6, 6.07) is 8.55. The molecule has 2 aromatic rings. The van der Waals surface area contributed by atoms with E-state index in [9.17, 15) is 9.59 Å². The van der Waals surface area contributed by atoms with Gasteiger partial charge in [0.05, 0.1) is 17.5 Å². The Labute approximate surface area is 129 Å². The minimum absolute atomic E-state index is 0.202. The fraction of sp³-hybridized carbons (Fsp3) is 0.294. The molecule has 1 heterocycles. The van der Waals surface area contributed by atoms with Crippen molar-refractivity contribution in [2.24, 2.45) is 5.92 Å². The Morgan fingerprint density at radius 2 is 1.91 bits per heavy atom. The van der Waals surface area contributed by atoms with Crippen molar-refractivity contribution in [2.75, 3.05) is 11.9 Å². The van der Waals surface area contributed by atoms with Crippen LogP contribution in [0.3, 0.4) is 0 Å². The minimum atomic E-state index is -0.378. The molecule has 0 aliphatic rings. The summed E-state index contributed by atoms with van der Waals surface area (Å²) in [4.78, 5) is 24.4. The van der Waals surface area contributed by atoms with Crippen LogP contribution in [0.15, 0.2) is 41.0 Å². The van der Waals surface area contributed by atoms with Crippen LogP contribution in [-0.2, 0) is 0 Å². The van der Waals surface area contributed by atoms with Gasteiger partial charge in [-0.3, -0.25) is 9.59 Å². The first-order chi connectivity index (χ1) is 10.5. The lowest BCUT2D eigenvalue weighted by molar-refractivity contribution is 0.0950. The quantitative estimate of drug-likeness (QED) is 0.890. The van der Waals surface area contributed by atoms with E-state index >= 15 is 0 Å².